The molecule has 4 heteroatoms. The first-order valence-electron chi connectivity index (χ1n) is 9.40. The molecule has 0 fully saturated rings. The van der Waals surface area contributed by atoms with Gasteiger partial charge in [0.1, 0.15) is 5.84 Å². The minimum absolute atomic E-state index is 0.785. The fourth-order valence-electron chi connectivity index (χ4n) is 2.85. The molecular formula is C24H30N4. The van der Waals surface area contributed by atoms with Crippen molar-refractivity contribution in [2.75, 3.05) is 0 Å². The second-order valence-electron chi connectivity index (χ2n) is 6.84. The normalized spacial score (nSPS) is 11.5. The van der Waals surface area contributed by atoms with Gasteiger partial charge in [-0.25, -0.2) is 4.99 Å². The molecule has 1 N–H and O–H groups in total. The van der Waals surface area contributed by atoms with Gasteiger partial charge < -0.3 is 10.2 Å². The zero-order valence-electron chi connectivity index (χ0n) is 17.6. The van der Waals surface area contributed by atoms with E-state index in [1.165, 1.54) is 5.56 Å². The van der Waals surface area contributed by atoms with Gasteiger partial charge in [-0.15, -0.1) is 0 Å². The molecule has 1 aromatic heterocycles. The van der Waals surface area contributed by atoms with E-state index < -0.39 is 0 Å². The van der Waals surface area contributed by atoms with E-state index in [0.717, 1.165) is 46.1 Å². The van der Waals surface area contributed by atoms with Crippen LogP contribution in [0.25, 0.3) is 5.70 Å². The number of aliphatic imine (C=N–C) groups is 1. The molecule has 28 heavy (non-hydrogen) atoms. The van der Waals surface area contributed by atoms with E-state index >= 15 is 0 Å². The first-order chi connectivity index (χ1) is 13.3. The molecule has 146 valence electrons. The van der Waals surface area contributed by atoms with E-state index in [1.54, 1.807) is 0 Å². The van der Waals surface area contributed by atoms with Gasteiger partial charge in [0.2, 0.25) is 0 Å². The van der Waals surface area contributed by atoms with E-state index in [-0.39, 0.29) is 0 Å². The fourth-order valence-corrected chi connectivity index (χ4v) is 2.85. The Labute approximate surface area is 169 Å². The average molecular weight is 375 g/mol. The summed E-state index contributed by atoms with van der Waals surface area (Å²) in [5, 5.41) is 3.30. The summed E-state index contributed by atoms with van der Waals surface area (Å²) in [5.74, 6) is 0.790. The monoisotopic (exact) mass is 374 g/mol. The van der Waals surface area contributed by atoms with E-state index in [2.05, 4.69) is 54.6 Å². The molecule has 0 saturated heterocycles. The molecule has 0 atom stereocenters. The zero-order chi connectivity index (χ0) is 20.7. The molecule has 0 bridgehead atoms. The molecule has 0 amide bonds. The second-order valence-corrected chi connectivity index (χ2v) is 6.84. The molecule has 0 aliphatic carbocycles. The minimum atomic E-state index is 0.785. The Kier molecular flexibility index (Phi) is 7.33. The summed E-state index contributed by atoms with van der Waals surface area (Å²) in [7, 11) is 0. The van der Waals surface area contributed by atoms with E-state index in [0.29, 0.717) is 0 Å². The van der Waals surface area contributed by atoms with Crippen molar-refractivity contribution in [1.29, 1.82) is 0 Å². The van der Waals surface area contributed by atoms with Crippen molar-refractivity contribution in [3.05, 3.63) is 90.0 Å². The number of allylic oxidation sites excluding steroid dienone is 1. The van der Waals surface area contributed by atoms with Gasteiger partial charge in [-0.3, -0.25) is 4.98 Å². The van der Waals surface area contributed by atoms with Crippen molar-refractivity contribution in [2.24, 2.45) is 4.99 Å². The summed E-state index contributed by atoms with van der Waals surface area (Å²) in [6, 6.07) is 8.35. The highest BCUT2D eigenvalue weighted by Crippen LogP contribution is 2.24. The van der Waals surface area contributed by atoms with Crippen LogP contribution in [0.2, 0.25) is 0 Å². The highest BCUT2D eigenvalue weighted by atomic mass is 15.1. The summed E-state index contributed by atoms with van der Waals surface area (Å²) in [5.41, 5.74) is 7.18. The van der Waals surface area contributed by atoms with Crippen molar-refractivity contribution < 1.29 is 0 Å². The van der Waals surface area contributed by atoms with Crippen LogP contribution in [0.5, 0.6) is 0 Å². The topological polar surface area (TPSA) is 40.5 Å². The van der Waals surface area contributed by atoms with Gasteiger partial charge in [0.15, 0.2) is 0 Å². The van der Waals surface area contributed by atoms with Gasteiger partial charge in [-0.05, 0) is 69.3 Å². The van der Waals surface area contributed by atoms with Crippen molar-refractivity contribution >= 4 is 17.2 Å². The predicted octanol–water partition coefficient (Wildman–Crippen LogP) is 5.80. The Morgan fingerprint density at radius 3 is 2.50 bits per heavy atom. The van der Waals surface area contributed by atoms with Crippen LogP contribution in [0, 0.1) is 20.8 Å². The number of benzene rings is 1. The van der Waals surface area contributed by atoms with Crippen LogP contribution in [0.4, 0.5) is 5.69 Å². The van der Waals surface area contributed by atoms with E-state index in [4.69, 9.17) is 4.99 Å². The number of nitrogens with zero attached hydrogens (tertiary/aromatic N) is 3. The van der Waals surface area contributed by atoms with Gasteiger partial charge >= 0.3 is 0 Å². The third-order valence-electron chi connectivity index (χ3n) is 4.60. The third kappa shape index (κ3) is 5.43. The van der Waals surface area contributed by atoms with Crippen LogP contribution in [0.3, 0.4) is 0 Å². The Balaban J connectivity index is 2.10. The smallest absolute Gasteiger partial charge is 0.104 e. The van der Waals surface area contributed by atoms with Crippen LogP contribution in [-0.2, 0) is 6.54 Å². The maximum absolute atomic E-state index is 4.73. The Morgan fingerprint density at radius 1 is 1.21 bits per heavy atom. The molecule has 4 nitrogen and oxygen atoms in total. The summed E-state index contributed by atoms with van der Waals surface area (Å²) in [6.07, 6.45) is 7.71. The molecule has 1 heterocycles. The van der Waals surface area contributed by atoms with Crippen LogP contribution in [-0.4, -0.2) is 15.7 Å². The molecule has 2 rings (SSSR count). The zero-order valence-corrected chi connectivity index (χ0v) is 17.6. The summed E-state index contributed by atoms with van der Waals surface area (Å²) < 4.78 is 0. The lowest BCUT2D eigenvalue weighted by molar-refractivity contribution is 0.502. The quantitative estimate of drug-likeness (QED) is 0.492. The molecule has 0 aliphatic rings. The molecule has 0 radical (unpaired) electrons. The molecule has 1 aromatic carbocycles. The Bertz CT molecular complexity index is 905. The molecular weight excluding hydrogens is 344 g/mol. The van der Waals surface area contributed by atoms with Gasteiger partial charge in [0.25, 0.3) is 0 Å². The summed E-state index contributed by atoms with van der Waals surface area (Å²) in [6.45, 7) is 18.8. The van der Waals surface area contributed by atoms with Crippen LogP contribution >= 0.6 is 0 Å². The number of aromatic nitrogens is 1. The summed E-state index contributed by atoms with van der Waals surface area (Å²) in [4.78, 5) is 11.2. The lowest BCUT2D eigenvalue weighted by Gasteiger charge is -2.16. The highest BCUT2D eigenvalue weighted by Gasteiger charge is 2.07. The molecule has 0 saturated carbocycles. The largest absolute Gasteiger partial charge is 0.351 e. The SMILES string of the molecule is C=CN(/C=C\C)Cc1ccc(C(=C)N/C(C)=N/c2c(C)ncc(C)c2C)cc1. The minimum Gasteiger partial charge on any atom is -0.351 e. The molecule has 2 aromatic rings. The van der Waals surface area contributed by atoms with Gasteiger partial charge in [0, 0.05) is 18.4 Å². The van der Waals surface area contributed by atoms with Crippen molar-refractivity contribution in [1.82, 2.24) is 15.2 Å². The molecule has 0 unspecified atom stereocenters. The van der Waals surface area contributed by atoms with E-state index in [9.17, 15) is 0 Å². The average Bonchev–Trinajstić information content (AvgIpc) is 2.68. The standard InChI is InChI=1S/C24H30N4/c1-8-14-28(9-2)16-22-10-12-23(13-11-22)19(5)26-21(7)27-24-18(4)17(3)15-25-20(24)6/h8-15H,2,5,16H2,1,3-4,6-7H3,(H,26,27)/b14-8-. The van der Waals surface area contributed by atoms with Crippen molar-refractivity contribution in [3.63, 3.8) is 0 Å². The first-order valence-corrected chi connectivity index (χ1v) is 9.40. The highest BCUT2D eigenvalue weighted by molar-refractivity contribution is 5.90. The summed E-state index contributed by atoms with van der Waals surface area (Å²) >= 11 is 0. The van der Waals surface area contributed by atoms with Crippen molar-refractivity contribution in [3.8, 4) is 0 Å². The lowest BCUT2D eigenvalue weighted by atomic mass is 10.1. The lowest BCUT2D eigenvalue weighted by Crippen LogP contribution is -2.18. The van der Waals surface area contributed by atoms with Crippen LogP contribution in [0.15, 0.2) is 67.1 Å². The molecule has 0 spiro atoms. The van der Waals surface area contributed by atoms with Gasteiger partial charge in [-0.1, -0.05) is 43.5 Å². The second kappa shape index (κ2) is 9.70. The third-order valence-corrected chi connectivity index (χ3v) is 4.60. The Hall–Kier alpha value is -3.14. The maximum Gasteiger partial charge on any atom is 0.104 e. The van der Waals surface area contributed by atoms with E-state index in [1.807, 2.05) is 57.3 Å². The Morgan fingerprint density at radius 2 is 1.89 bits per heavy atom. The number of nitrogens with one attached hydrogen (secondary N) is 1. The van der Waals surface area contributed by atoms with Crippen LogP contribution < -0.4 is 5.32 Å². The van der Waals surface area contributed by atoms with Gasteiger partial charge in [-0.2, -0.15) is 0 Å². The number of aryl methyl sites for hydroxylation is 2. The van der Waals surface area contributed by atoms with Gasteiger partial charge in [0.05, 0.1) is 11.4 Å². The predicted molar refractivity (Wildman–Crippen MR) is 120 cm³/mol. The number of pyridine rings is 1. The number of hydrogen-bond donors (Lipinski definition) is 1. The number of hydrogen-bond acceptors (Lipinski definition) is 3. The molecule has 0 aliphatic heterocycles. The number of amidine groups is 1. The first kappa shape index (κ1) is 21.2. The van der Waals surface area contributed by atoms with Crippen LogP contribution in [0.1, 0.15) is 41.8 Å². The number of rotatable bonds is 7. The van der Waals surface area contributed by atoms with Crippen molar-refractivity contribution in [2.45, 2.75) is 41.2 Å². The fraction of sp³-hybridized carbons (Fsp3) is 0.250. The maximum atomic E-state index is 4.73.